The molecule has 0 fully saturated rings. The molecule has 3 rings (SSSR count). The zero-order chi connectivity index (χ0) is 23.0. The number of anilines is 1. The molecule has 2 aromatic carbocycles. The summed E-state index contributed by atoms with van der Waals surface area (Å²) in [6.45, 7) is 2.87. The van der Waals surface area contributed by atoms with Crippen LogP contribution in [0.1, 0.15) is 19.7 Å². The number of para-hydroxylation sites is 2. The fourth-order valence-electron chi connectivity index (χ4n) is 2.95. The summed E-state index contributed by atoms with van der Waals surface area (Å²) in [6, 6.07) is 11.2. The average molecular weight is 454 g/mol. The number of alkyl halides is 3. The maximum atomic E-state index is 13.4. The van der Waals surface area contributed by atoms with Crippen LogP contribution in [0.4, 0.5) is 18.9 Å². The molecular formula is C20H21F3N4O3S. The number of rotatable bonds is 6. The van der Waals surface area contributed by atoms with Crippen LogP contribution in [0.2, 0.25) is 0 Å². The number of imidazole rings is 1. The molecule has 1 aromatic heterocycles. The maximum absolute atomic E-state index is 13.4. The number of amides is 1. The van der Waals surface area contributed by atoms with Crippen molar-refractivity contribution in [2.75, 3.05) is 12.4 Å². The van der Waals surface area contributed by atoms with Crippen molar-refractivity contribution < 1.29 is 26.4 Å². The largest absolute Gasteiger partial charge is 0.449 e. The second-order valence-corrected chi connectivity index (χ2v) is 9.19. The van der Waals surface area contributed by atoms with Crippen molar-refractivity contribution in [2.45, 2.75) is 37.5 Å². The van der Waals surface area contributed by atoms with Crippen LogP contribution in [-0.2, 0) is 27.5 Å². The number of sulfonamides is 1. The molecule has 0 saturated heterocycles. The number of fused-ring (bicyclic) bond motifs is 1. The van der Waals surface area contributed by atoms with Gasteiger partial charge in [0.1, 0.15) is 6.54 Å². The number of benzene rings is 2. The van der Waals surface area contributed by atoms with Gasteiger partial charge in [-0.05, 0) is 50.2 Å². The monoisotopic (exact) mass is 454 g/mol. The number of hydrogen-bond donors (Lipinski definition) is 1. The highest BCUT2D eigenvalue weighted by Gasteiger charge is 2.38. The normalized spacial score (nSPS) is 12.6. The van der Waals surface area contributed by atoms with Crippen molar-refractivity contribution in [2.24, 2.45) is 0 Å². The summed E-state index contributed by atoms with van der Waals surface area (Å²) < 4.78 is 67.1. The highest BCUT2D eigenvalue weighted by Crippen LogP contribution is 2.31. The fraction of sp³-hybridized carbons (Fsp3) is 0.300. The predicted molar refractivity (Wildman–Crippen MR) is 110 cm³/mol. The van der Waals surface area contributed by atoms with Crippen LogP contribution in [0.25, 0.3) is 11.0 Å². The molecule has 0 aliphatic rings. The van der Waals surface area contributed by atoms with Gasteiger partial charge in [-0.15, -0.1) is 0 Å². The molecule has 0 spiro atoms. The minimum atomic E-state index is -4.72. The molecule has 0 atom stereocenters. The van der Waals surface area contributed by atoms with Crippen LogP contribution in [0.3, 0.4) is 0 Å². The molecule has 1 heterocycles. The smallest absolute Gasteiger partial charge is 0.325 e. The molecular weight excluding hydrogens is 433 g/mol. The minimum Gasteiger partial charge on any atom is -0.325 e. The third kappa shape index (κ3) is 4.72. The minimum absolute atomic E-state index is 0.0432. The zero-order valence-electron chi connectivity index (χ0n) is 17.0. The van der Waals surface area contributed by atoms with E-state index in [9.17, 15) is 26.4 Å². The van der Waals surface area contributed by atoms with E-state index in [0.29, 0.717) is 0 Å². The predicted octanol–water partition coefficient (Wildman–Crippen LogP) is 3.72. The number of nitrogens with zero attached hydrogens (tertiary/aromatic N) is 3. The Labute approximate surface area is 177 Å². The third-order valence-corrected chi connectivity index (χ3v) is 6.80. The molecule has 0 unspecified atom stereocenters. The van der Waals surface area contributed by atoms with E-state index >= 15 is 0 Å². The summed E-state index contributed by atoms with van der Waals surface area (Å²) in [5.74, 6) is -1.87. The lowest BCUT2D eigenvalue weighted by molar-refractivity contribution is -0.147. The maximum Gasteiger partial charge on any atom is 0.449 e. The number of nitrogens with one attached hydrogen (secondary N) is 1. The first-order chi connectivity index (χ1) is 14.4. The van der Waals surface area contributed by atoms with Crippen molar-refractivity contribution in [1.82, 2.24) is 13.9 Å². The summed E-state index contributed by atoms with van der Waals surface area (Å²) in [5, 5.41) is 2.49. The lowest BCUT2D eigenvalue weighted by Gasteiger charge is -2.21. The Balaban J connectivity index is 1.81. The van der Waals surface area contributed by atoms with Gasteiger partial charge >= 0.3 is 6.18 Å². The lowest BCUT2D eigenvalue weighted by atomic mass is 10.3. The molecule has 1 amide bonds. The molecule has 3 aromatic rings. The van der Waals surface area contributed by atoms with Gasteiger partial charge in [-0.3, -0.25) is 4.79 Å². The second-order valence-electron chi connectivity index (χ2n) is 7.20. The zero-order valence-corrected chi connectivity index (χ0v) is 17.8. The van der Waals surface area contributed by atoms with Crippen molar-refractivity contribution in [3.63, 3.8) is 0 Å². The Kier molecular flexibility index (Phi) is 6.10. The first-order valence-corrected chi connectivity index (χ1v) is 10.8. The van der Waals surface area contributed by atoms with E-state index in [-0.39, 0.29) is 27.7 Å². The van der Waals surface area contributed by atoms with Crippen LogP contribution in [0, 0.1) is 0 Å². The number of hydrogen-bond acceptors (Lipinski definition) is 4. The molecule has 31 heavy (non-hydrogen) atoms. The molecule has 0 aliphatic carbocycles. The van der Waals surface area contributed by atoms with Gasteiger partial charge in [-0.25, -0.2) is 13.4 Å². The van der Waals surface area contributed by atoms with Gasteiger partial charge in [0.25, 0.3) is 0 Å². The molecule has 0 radical (unpaired) electrons. The van der Waals surface area contributed by atoms with Gasteiger partial charge in [0.15, 0.2) is 0 Å². The first kappa shape index (κ1) is 22.8. The number of aromatic nitrogens is 2. The summed E-state index contributed by atoms with van der Waals surface area (Å²) >= 11 is 0. The number of carbonyl (C=O) groups is 1. The van der Waals surface area contributed by atoms with E-state index in [1.807, 2.05) is 0 Å². The van der Waals surface area contributed by atoms with E-state index in [1.165, 1.54) is 47.8 Å². The molecule has 0 bridgehead atoms. The highest BCUT2D eigenvalue weighted by molar-refractivity contribution is 7.89. The highest BCUT2D eigenvalue weighted by atomic mass is 32.2. The summed E-state index contributed by atoms with van der Waals surface area (Å²) in [4.78, 5) is 16.1. The van der Waals surface area contributed by atoms with Crippen LogP contribution in [0.5, 0.6) is 0 Å². The van der Waals surface area contributed by atoms with Gasteiger partial charge in [-0.1, -0.05) is 12.1 Å². The molecule has 0 saturated carbocycles. The van der Waals surface area contributed by atoms with E-state index < -0.39 is 34.5 Å². The van der Waals surface area contributed by atoms with Crippen LogP contribution in [-0.4, -0.2) is 41.3 Å². The van der Waals surface area contributed by atoms with E-state index in [0.717, 1.165) is 4.57 Å². The van der Waals surface area contributed by atoms with E-state index in [1.54, 1.807) is 26.0 Å². The Morgan fingerprint density at radius 3 is 2.32 bits per heavy atom. The molecule has 11 heteroatoms. The fourth-order valence-corrected chi connectivity index (χ4v) is 4.32. The SMILES string of the molecule is CC(C)N(C)S(=O)(=O)c1ccc(NC(=O)Cn2c(C(F)(F)F)nc3ccccc32)cc1. The van der Waals surface area contributed by atoms with E-state index in [2.05, 4.69) is 10.3 Å². The summed E-state index contributed by atoms with van der Waals surface area (Å²) in [6.07, 6.45) is -4.72. The first-order valence-electron chi connectivity index (χ1n) is 9.31. The summed E-state index contributed by atoms with van der Waals surface area (Å²) in [5.41, 5.74) is 0.573. The quantitative estimate of drug-likeness (QED) is 0.615. The molecule has 166 valence electrons. The van der Waals surface area contributed by atoms with Crippen molar-refractivity contribution >= 4 is 32.7 Å². The standard InChI is InChI=1S/C20H21F3N4O3S/c1-13(2)26(3)31(29,30)15-10-8-14(9-11-15)24-18(28)12-27-17-7-5-4-6-16(17)25-19(27)20(21,22)23/h4-11,13H,12H2,1-3H3,(H,24,28). The molecule has 1 N–H and O–H groups in total. The van der Waals surface area contributed by atoms with Crippen molar-refractivity contribution in [3.05, 3.63) is 54.4 Å². The van der Waals surface area contributed by atoms with Gasteiger partial charge in [0.05, 0.1) is 15.9 Å². The van der Waals surface area contributed by atoms with Crippen LogP contribution >= 0.6 is 0 Å². The Morgan fingerprint density at radius 2 is 1.74 bits per heavy atom. The Hall–Kier alpha value is -2.92. The van der Waals surface area contributed by atoms with Gasteiger partial charge in [0, 0.05) is 18.8 Å². The Morgan fingerprint density at radius 1 is 1.13 bits per heavy atom. The Bertz CT molecular complexity index is 1200. The molecule has 7 nitrogen and oxygen atoms in total. The van der Waals surface area contributed by atoms with Crippen LogP contribution < -0.4 is 5.32 Å². The average Bonchev–Trinajstić information content (AvgIpc) is 3.06. The van der Waals surface area contributed by atoms with Gasteiger partial charge in [-0.2, -0.15) is 17.5 Å². The number of halogens is 3. The lowest BCUT2D eigenvalue weighted by Crippen LogP contribution is -2.33. The number of carbonyl (C=O) groups excluding carboxylic acids is 1. The van der Waals surface area contributed by atoms with Crippen molar-refractivity contribution in [1.29, 1.82) is 0 Å². The van der Waals surface area contributed by atoms with Gasteiger partial charge < -0.3 is 9.88 Å². The second kappa shape index (κ2) is 8.31. The van der Waals surface area contributed by atoms with Crippen LogP contribution in [0.15, 0.2) is 53.4 Å². The molecule has 0 aliphatic heterocycles. The summed E-state index contributed by atoms with van der Waals surface area (Å²) in [7, 11) is -2.23. The van der Waals surface area contributed by atoms with Crippen molar-refractivity contribution in [3.8, 4) is 0 Å². The third-order valence-electron chi connectivity index (χ3n) is 4.75. The van der Waals surface area contributed by atoms with Gasteiger partial charge in [0.2, 0.25) is 21.8 Å². The topological polar surface area (TPSA) is 84.3 Å². The van der Waals surface area contributed by atoms with E-state index in [4.69, 9.17) is 0 Å².